The zero-order valence-corrected chi connectivity index (χ0v) is 29.4. The first-order chi connectivity index (χ1) is 23.1. The number of hydrogen-bond acceptors (Lipinski definition) is 9. The molecular weight excluding hydrogens is 622 g/mol. The van der Waals surface area contributed by atoms with Crippen LogP contribution in [0.5, 0.6) is 5.75 Å². The van der Waals surface area contributed by atoms with E-state index in [1.807, 2.05) is 80.7 Å². The summed E-state index contributed by atoms with van der Waals surface area (Å²) in [6.45, 7) is 12.9. The van der Waals surface area contributed by atoms with Crippen molar-refractivity contribution >= 4 is 29.7 Å². The Balaban J connectivity index is 1.36. The molecule has 1 aromatic carbocycles. The van der Waals surface area contributed by atoms with Crippen molar-refractivity contribution < 1.29 is 19.1 Å². The van der Waals surface area contributed by atoms with Gasteiger partial charge in [-0.2, -0.15) is 0 Å². The minimum absolute atomic E-state index is 0.101. The molecule has 3 N–H and O–H groups in total. The van der Waals surface area contributed by atoms with E-state index in [4.69, 9.17) is 4.74 Å². The number of fused-ring (bicyclic) bond motifs is 2. The summed E-state index contributed by atoms with van der Waals surface area (Å²) in [4.78, 5) is 49.7. The molecule has 5 rings (SSSR count). The van der Waals surface area contributed by atoms with Gasteiger partial charge < -0.3 is 20.3 Å². The third kappa shape index (κ3) is 8.11. The molecule has 0 bridgehead atoms. The van der Waals surface area contributed by atoms with Gasteiger partial charge in [-0.3, -0.25) is 19.3 Å². The molecule has 3 heterocycles. The second-order valence-electron chi connectivity index (χ2n) is 14.6. The highest BCUT2D eigenvalue weighted by Gasteiger charge is 2.38. The second-order valence-corrected chi connectivity index (χ2v) is 14.6. The Morgan fingerprint density at radius 2 is 1.78 bits per heavy atom. The van der Waals surface area contributed by atoms with Crippen LogP contribution in [0.1, 0.15) is 82.5 Å². The zero-order chi connectivity index (χ0) is 35.6. The summed E-state index contributed by atoms with van der Waals surface area (Å²) in [7, 11) is 3.80. The maximum Gasteiger partial charge on any atom is 0.321 e. The van der Waals surface area contributed by atoms with E-state index in [1.54, 1.807) is 24.3 Å². The average Bonchev–Trinajstić information content (AvgIpc) is 3.48. The van der Waals surface area contributed by atoms with E-state index in [0.717, 1.165) is 11.4 Å². The van der Waals surface area contributed by atoms with Gasteiger partial charge in [0.25, 0.3) is 0 Å². The number of nitrogens with zero attached hydrogens (tertiary/aromatic N) is 6. The van der Waals surface area contributed by atoms with Crippen LogP contribution >= 0.6 is 0 Å². The number of anilines is 1. The number of hydrogen-bond donors (Lipinski definition) is 3. The van der Waals surface area contributed by atoms with E-state index in [2.05, 4.69) is 56.9 Å². The number of carbonyl (C=O) groups is 3. The smallest absolute Gasteiger partial charge is 0.321 e. The van der Waals surface area contributed by atoms with Gasteiger partial charge in [0.1, 0.15) is 34.9 Å². The minimum Gasteiger partial charge on any atom is -0.480 e. The van der Waals surface area contributed by atoms with Crippen LogP contribution in [0.15, 0.2) is 60.8 Å². The van der Waals surface area contributed by atoms with Gasteiger partial charge in [0, 0.05) is 35.4 Å². The lowest BCUT2D eigenvalue weighted by Gasteiger charge is -2.34. The van der Waals surface area contributed by atoms with Gasteiger partial charge in [-0.1, -0.05) is 65.8 Å². The molecule has 49 heavy (non-hydrogen) atoms. The van der Waals surface area contributed by atoms with Crippen LogP contribution in [-0.4, -0.2) is 68.3 Å². The predicted molar refractivity (Wildman–Crippen MR) is 186 cm³/mol. The minimum atomic E-state index is -1.47. The molecule has 13 heteroatoms. The molecule has 0 unspecified atom stereocenters. The molecule has 4 aromatic rings. The monoisotopic (exact) mass is 667 g/mol. The van der Waals surface area contributed by atoms with Gasteiger partial charge in [-0.15, -0.1) is 10.2 Å². The van der Waals surface area contributed by atoms with Crippen LogP contribution < -0.4 is 20.7 Å². The topological polar surface area (TPSA) is 156 Å². The molecule has 0 spiro atoms. The van der Waals surface area contributed by atoms with E-state index in [9.17, 15) is 14.4 Å². The Morgan fingerprint density at radius 1 is 1.02 bits per heavy atom. The first-order valence-corrected chi connectivity index (χ1v) is 16.2. The van der Waals surface area contributed by atoms with E-state index in [-0.39, 0.29) is 29.1 Å². The highest BCUT2D eigenvalue weighted by atomic mass is 16.5. The van der Waals surface area contributed by atoms with Crippen molar-refractivity contribution in [1.82, 2.24) is 40.1 Å². The van der Waals surface area contributed by atoms with Gasteiger partial charge >= 0.3 is 6.03 Å². The number of pyridine rings is 1. The molecule has 0 saturated carbocycles. The lowest BCUT2D eigenvalue weighted by Crippen LogP contribution is -2.49. The van der Waals surface area contributed by atoms with Crippen molar-refractivity contribution in [2.24, 2.45) is 0 Å². The summed E-state index contributed by atoms with van der Waals surface area (Å²) < 4.78 is 8.35. The lowest BCUT2D eigenvalue weighted by molar-refractivity contribution is -0.121. The molecule has 2 atom stereocenters. The zero-order valence-electron chi connectivity index (χ0n) is 29.4. The molecule has 3 amide bonds. The number of urea groups is 1. The van der Waals surface area contributed by atoms with Gasteiger partial charge in [0.2, 0.25) is 5.91 Å². The van der Waals surface area contributed by atoms with E-state index < -0.39 is 17.7 Å². The second kappa shape index (κ2) is 13.7. The number of aromatic nitrogens is 5. The van der Waals surface area contributed by atoms with Crippen molar-refractivity contribution in [3.05, 3.63) is 89.3 Å². The number of carbonyl (C=O) groups excluding carboxylic acids is 3. The number of benzene rings is 1. The molecule has 0 saturated heterocycles. The van der Waals surface area contributed by atoms with E-state index in [0.29, 0.717) is 47.7 Å². The molecule has 0 radical (unpaired) electrons. The van der Waals surface area contributed by atoms with Gasteiger partial charge in [0.05, 0.1) is 18.4 Å². The predicted octanol–water partition coefficient (Wildman–Crippen LogP) is 4.59. The first-order valence-electron chi connectivity index (χ1n) is 16.2. The highest BCUT2D eigenvalue weighted by molar-refractivity contribution is 5.92. The third-order valence-electron chi connectivity index (χ3n) is 8.07. The number of ether oxygens (including phenoxy) is 1. The summed E-state index contributed by atoms with van der Waals surface area (Å²) in [5.41, 5.74) is 0.631. The lowest BCUT2D eigenvalue weighted by atomic mass is 9.81. The number of amides is 3. The Hall–Kier alpha value is -5.17. The molecule has 13 nitrogen and oxygen atoms in total. The summed E-state index contributed by atoms with van der Waals surface area (Å²) in [5, 5.41) is 17.1. The fourth-order valence-corrected chi connectivity index (χ4v) is 5.45. The Morgan fingerprint density at radius 3 is 2.47 bits per heavy atom. The molecule has 1 aliphatic rings. The Kier molecular flexibility index (Phi) is 9.86. The van der Waals surface area contributed by atoms with Crippen LogP contribution in [-0.2, 0) is 32.5 Å². The quantitative estimate of drug-likeness (QED) is 0.163. The number of rotatable bonds is 10. The summed E-state index contributed by atoms with van der Waals surface area (Å²) in [6.07, 6.45) is 5.76. The van der Waals surface area contributed by atoms with E-state index in [1.165, 1.54) is 0 Å². The standard InChI is InChI=1S/C36H45N9O4/c1-34(2,3)27-19-28(39-29(38-27)20-37-31(47)16-18-44(7)8)40-33(48)41-36(22-46)17-15-26(24-11-9-10-12-25(24)36)49-23-13-14-30-42-43-32(35(4,5)6)45(30)21-23/h9-15,17,19,21-22,26H,16,18,20H2,1-8H3,(H,37,47)(H2,38,39,40,41,48)/t26-,36-/m1/s1. The average molecular weight is 668 g/mol. The highest BCUT2D eigenvalue weighted by Crippen LogP contribution is 2.37. The van der Waals surface area contributed by atoms with Crippen LogP contribution in [0.25, 0.3) is 5.65 Å². The Labute approximate surface area is 286 Å². The largest absolute Gasteiger partial charge is 0.480 e. The fraction of sp³-hybridized carbons (Fsp3) is 0.417. The summed E-state index contributed by atoms with van der Waals surface area (Å²) >= 11 is 0. The van der Waals surface area contributed by atoms with Gasteiger partial charge in [-0.25, -0.2) is 14.8 Å². The molecule has 0 aliphatic heterocycles. The molecule has 3 aromatic heterocycles. The van der Waals surface area contributed by atoms with Crippen molar-refractivity contribution in [2.45, 2.75) is 77.0 Å². The van der Waals surface area contributed by atoms with Crippen LogP contribution in [0.4, 0.5) is 10.6 Å². The SMILES string of the molecule is CN(C)CCC(=O)NCc1nc(NC(=O)N[C@@]2(C=O)C=C[C@@H](Oc3ccc4nnc(C(C)(C)C)n4c3)c3ccccc32)cc(C(C)(C)C)n1. The van der Waals surface area contributed by atoms with Crippen molar-refractivity contribution in [3.63, 3.8) is 0 Å². The summed E-state index contributed by atoms with van der Waals surface area (Å²) in [6, 6.07) is 12.1. The van der Waals surface area contributed by atoms with E-state index >= 15 is 0 Å². The fourth-order valence-electron chi connectivity index (χ4n) is 5.45. The normalized spacial score (nSPS) is 17.4. The molecule has 258 valence electrons. The Bertz CT molecular complexity index is 1890. The van der Waals surface area contributed by atoms with Crippen molar-refractivity contribution in [1.29, 1.82) is 0 Å². The van der Waals surface area contributed by atoms with Crippen LogP contribution in [0, 0.1) is 0 Å². The maximum atomic E-state index is 13.5. The van der Waals surface area contributed by atoms with Crippen molar-refractivity contribution in [3.8, 4) is 5.75 Å². The first kappa shape index (κ1) is 35.1. The van der Waals surface area contributed by atoms with Gasteiger partial charge in [-0.05, 0) is 43.9 Å². The van der Waals surface area contributed by atoms with Crippen LogP contribution in [0.3, 0.4) is 0 Å². The molecule has 0 fully saturated rings. The number of aldehydes is 1. The van der Waals surface area contributed by atoms with Gasteiger partial charge in [0.15, 0.2) is 11.9 Å². The van der Waals surface area contributed by atoms with Crippen LogP contribution in [0.2, 0.25) is 0 Å². The van der Waals surface area contributed by atoms with Crippen molar-refractivity contribution in [2.75, 3.05) is 26.0 Å². The summed E-state index contributed by atoms with van der Waals surface area (Å²) in [5.74, 6) is 1.86. The molecular formula is C36H45N9O4. The number of nitrogens with one attached hydrogen (secondary N) is 3. The molecule has 1 aliphatic carbocycles. The maximum absolute atomic E-state index is 13.5. The third-order valence-corrected chi connectivity index (χ3v) is 8.07.